The maximum absolute atomic E-state index is 13.8. The zero-order valence-electron chi connectivity index (χ0n) is 12.5. The van der Waals surface area contributed by atoms with Gasteiger partial charge in [-0.25, -0.2) is 8.78 Å². The van der Waals surface area contributed by atoms with Crippen LogP contribution in [-0.4, -0.2) is 18.5 Å². The highest BCUT2D eigenvalue weighted by Gasteiger charge is 2.22. The van der Waals surface area contributed by atoms with Crippen LogP contribution in [0.1, 0.15) is 49.9 Å². The number of carbonyl (C=O) groups is 1. The van der Waals surface area contributed by atoms with Crippen molar-refractivity contribution in [1.82, 2.24) is 5.32 Å². The predicted molar refractivity (Wildman–Crippen MR) is 79.4 cm³/mol. The minimum Gasteiger partial charge on any atom is -0.381 e. The zero-order chi connectivity index (χ0) is 15.4. The Balaban J connectivity index is 2.08. The van der Waals surface area contributed by atoms with Gasteiger partial charge in [0.05, 0.1) is 0 Å². The minimum absolute atomic E-state index is 0.0323. The van der Waals surface area contributed by atoms with Gasteiger partial charge in [0.2, 0.25) is 0 Å². The first-order chi connectivity index (χ1) is 10.0. The summed E-state index contributed by atoms with van der Waals surface area (Å²) < 4.78 is 27.6. The molecule has 1 aliphatic carbocycles. The van der Waals surface area contributed by atoms with E-state index in [0.717, 1.165) is 31.4 Å². The highest BCUT2D eigenvalue weighted by atomic mass is 19.1. The number of carbonyl (C=O) groups excluding carboxylic acids is 1. The van der Waals surface area contributed by atoms with Crippen molar-refractivity contribution in [3.05, 3.63) is 29.3 Å². The molecule has 0 aromatic heterocycles. The van der Waals surface area contributed by atoms with E-state index in [2.05, 4.69) is 17.6 Å². The third kappa shape index (κ3) is 3.93. The molecule has 0 heterocycles. The maximum atomic E-state index is 13.8. The summed E-state index contributed by atoms with van der Waals surface area (Å²) in [6, 6.07) is 2.27. The summed E-state index contributed by atoms with van der Waals surface area (Å²) in [5.74, 6) is -1.30. The van der Waals surface area contributed by atoms with Gasteiger partial charge in [0.25, 0.3) is 5.91 Å². The van der Waals surface area contributed by atoms with Gasteiger partial charge < -0.3 is 10.6 Å². The van der Waals surface area contributed by atoms with Crippen molar-refractivity contribution in [2.24, 2.45) is 5.92 Å². The fraction of sp³-hybridized carbons (Fsp3) is 0.562. The molecule has 2 N–H and O–H groups in total. The molecule has 1 aliphatic rings. The SMILES string of the molecule is CCNc1c(F)cc(C(=O)NC2CCCC(C)C2)cc1F. The number of hydrogen-bond donors (Lipinski definition) is 2. The minimum atomic E-state index is -0.737. The average molecular weight is 296 g/mol. The number of amides is 1. The van der Waals surface area contributed by atoms with Crippen molar-refractivity contribution in [2.45, 2.75) is 45.6 Å². The third-order valence-corrected chi connectivity index (χ3v) is 3.93. The lowest BCUT2D eigenvalue weighted by molar-refractivity contribution is 0.0920. The van der Waals surface area contributed by atoms with Crippen LogP contribution in [0.4, 0.5) is 14.5 Å². The summed E-state index contributed by atoms with van der Waals surface area (Å²) in [4.78, 5) is 12.1. The molecule has 2 atom stereocenters. The topological polar surface area (TPSA) is 41.1 Å². The second-order valence-corrected chi connectivity index (χ2v) is 5.79. The van der Waals surface area contributed by atoms with Crippen molar-refractivity contribution < 1.29 is 13.6 Å². The van der Waals surface area contributed by atoms with Crippen LogP contribution in [0.5, 0.6) is 0 Å². The van der Waals surface area contributed by atoms with E-state index >= 15 is 0 Å². The average Bonchev–Trinajstić information content (AvgIpc) is 2.42. The molecule has 0 radical (unpaired) electrons. The van der Waals surface area contributed by atoms with Crippen molar-refractivity contribution >= 4 is 11.6 Å². The Morgan fingerprint density at radius 1 is 1.29 bits per heavy atom. The quantitative estimate of drug-likeness (QED) is 0.889. The summed E-state index contributed by atoms with van der Waals surface area (Å²) in [7, 11) is 0. The van der Waals surface area contributed by atoms with Crippen molar-refractivity contribution in [3.63, 3.8) is 0 Å². The number of benzene rings is 1. The molecule has 5 heteroatoms. The fourth-order valence-electron chi connectivity index (χ4n) is 2.88. The van der Waals surface area contributed by atoms with Gasteiger partial charge in [0.1, 0.15) is 17.3 Å². The van der Waals surface area contributed by atoms with Gasteiger partial charge in [0, 0.05) is 18.2 Å². The van der Waals surface area contributed by atoms with Crippen LogP contribution in [0.25, 0.3) is 0 Å². The molecule has 0 aliphatic heterocycles. The van der Waals surface area contributed by atoms with Crippen LogP contribution in [-0.2, 0) is 0 Å². The molecular weight excluding hydrogens is 274 g/mol. The molecule has 1 aromatic rings. The van der Waals surface area contributed by atoms with Crippen LogP contribution < -0.4 is 10.6 Å². The Morgan fingerprint density at radius 3 is 2.52 bits per heavy atom. The summed E-state index contributed by atoms with van der Waals surface area (Å²) >= 11 is 0. The molecular formula is C16H22F2N2O. The standard InChI is InChI=1S/C16H22F2N2O/c1-3-19-15-13(17)8-11(9-14(15)18)16(21)20-12-6-4-5-10(2)7-12/h8-10,12,19H,3-7H2,1-2H3,(H,20,21). The second-order valence-electron chi connectivity index (χ2n) is 5.79. The molecule has 1 aromatic carbocycles. The van der Waals surface area contributed by atoms with E-state index in [9.17, 15) is 13.6 Å². The van der Waals surface area contributed by atoms with Crippen molar-refractivity contribution in [1.29, 1.82) is 0 Å². The predicted octanol–water partition coefficient (Wildman–Crippen LogP) is 3.71. The summed E-state index contributed by atoms with van der Waals surface area (Å²) in [6.45, 7) is 4.33. The normalized spacial score (nSPS) is 21.9. The van der Waals surface area contributed by atoms with Gasteiger partial charge >= 0.3 is 0 Å². The smallest absolute Gasteiger partial charge is 0.251 e. The first kappa shape index (κ1) is 15.7. The van der Waals surface area contributed by atoms with Gasteiger partial charge in [-0.2, -0.15) is 0 Å². The molecule has 2 rings (SSSR count). The van der Waals surface area contributed by atoms with Crippen LogP contribution in [0, 0.1) is 17.6 Å². The van der Waals surface area contributed by atoms with Crippen LogP contribution >= 0.6 is 0 Å². The van der Waals surface area contributed by atoms with Gasteiger partial charge in [-0.05, 0) is 37.8 Å². The highest BCUT2D eigenvalue weighted by Crippen LogP contribution is 2.24. The largest absolute Gasteiger partial charge is 0.381 e. The van der Waals surface area contributed by atoms with E-state index in [4.69, 9.17) is 0 Å². The number of halogens is 2. The monoisotopic (exact) mass is 296 g/mol. The van der Waals surface area contributed by atoms with Crippen LogP contribution in [0.2, 0.25) is 0 Å². The zero-order valence-corrected chi connectivity index (χ0v) is 12.5. The van der Waals surface area contributed by atoms with E-state index in [1.807, 2.05) is 0 Å². The summed E-state index contributed by atoms with van der Waals surface area (Å²) in [5, 5.41) is 5.49. The molecule has 1 amide bonds. The Labute approximate surface area is 124 Å². The Hall–Kier alpha value is -1.65. The molecule has 0 bridgehead atoms. The number of anilines is 1. The lowest BCUT2D eigenvalue weighted by Crippen LogP contribution is -2.38. The van der Waals surface area contributed by atoms with Crippen LogP contribution in [0.15, 0.2) is 12.1 Å². The second kappa shape index (κ2) is 6.87. The molecule has 2 unspecified atom stereocenters. The number of nitrogens with one attached hydrogen (secondary N) is 2. The molecule has 1 saturated carbocycles. The number of hydrogen-bond acceptors (Lipinski definition) is 2. The van der Waals surface area contributed by atoms with E-state index in [-0.39, 0.29) is 17.3 Å². The molecule has 0 spiro atoms. The Bertz CT molecular complexity index is 496. The van der Waals surface area contributed by atoms with Gasteiger partial charge in [-0.3, -0.25) is 4.79 Å². The van der Waals surface area contributed by atoms with E-state index in [1.54, 1.807) is 6.92 Å². The van der Waals surface area contributed by atoms with E-state index in [0.29, 0.717) is 12.5 Å². The molecule has 1 fully saturated rings. The first-order valence-electron chi connectivity index (χ1n) is 7.55. The highest BCUT2D eigenvalue weighted by molar-refractivity contribution is 5.94. The Morgan fingerprint density at radius 2 is 1.95 bits per heavy atom. The molecule has 21 heavy (non-hydrogen) atoms. The van der Waals surface area contributed by atoms with Crippen LogP contribution in [0.3, 0.4) is 0 Å². The lowest BCUT2D eigenvalue weighted by atomic mass is 9.87. The Kier molecular flexibility index (Phi) is 5.15. The molecule has 0 saturated heterocycles. The summed E-state index contributed by atoms with van der Waals surface area (Å²) in [5.41, 5.74) is -0.148. The molecule has 116 valence electrons. The lowest BCUT2D eigenvalue weighted by Gasteiger charge is -2.27. The van der Waals surface area contributed by atoms with Gasteiger partial charge in [-0.1, -0.05) is 19.8 Å². The first-order valence-corrected chi connectivity index (χ1v) is 7.55. The van der Waals surface area contributed by atoms with E-state index < -0.39 is 17.5 Å². The maximum Gasteiger partial charge on any atom is 0.251 e. The fourth-order valence-corrected chi connectivity index (χ4v) is 2.88. The van der Waals surface area contributed by atoms with Crippen molar-refractivity contribution in [3.8, 4) is 0 Å². The summed E-state index contributed by atoms with van der Waals surface area (Å²) in [6.07, 6.45) is 4.10. The van der Waals surface area contributed by atoms with Gasteiger partial charge in [0.15, 0.2) is 0 Å². The third-order valence-electron chi connectivity index (χ3n) is 3.93. The molecule has 3 nitrogen and oxygen atoms in total. The van der Waals surface area contributed by atoms with Crippen molar-refractivity contribution in [2.75, 3.05) is 11.9 Å². The van der Waals surface area contributed by atoms with E-state index in [1.165, 1.54) is 6.42 Å². The van der Waals surface area contributed by atoms with Gasteiger partial charge in [-0.15, -0.1) is 0 Å². The number of rotatable bonds is 4.